The van der Waals surface area contributed by atoms with Gasteiger partial charge in [0.05, 0.1) is 16.4 Å². The van der Waals surface area contributed by atoms with Crippen LogP contribution in [0.3, 0.4) is 0 Å². The Kier molecular flexibility index (Phi) is 11.2. The summed E-state index contributed by atoms with van der Waals surface area (Å²) in [5.74, 6) is -0.259. The second-order valence-electron chi connectivity index (χ2n) is 7.56. The third-order valence-electron chi connectivity index (χ3n) is 4.95. The van der Waals surface area contributed by atoms with E-state index in [0.717, 1.165) is 41.3 Å². The van der Waals surface area contributed by atoms with Gasteiger partial charge in [-0.25, -0.2) is 9.37 Å². The molecule has 0 aliphatic rings. The van der Waals surface area contributed by atoms with Crippen molar-refractivity contribution in [2.45, 2.75) is 59.9 Å². The average molecular weight is 490 g/mol. The lowest BCUT2D eigenvalue weighted by Gasteiger charge is -2.18. The van der Waals surface area contributed by atoms with E-state index in [0.29, 0.717) is 18.0 Å². The number of hydrogen-bond acceptors (Lipinski definition) is 5. The minimum atomic E-state index is -0.160. The van der Waals surface area contributed by atoms with Gasteiger partial charge in [-0.15, -0.1) is 22.7 Å². The molecule has 33 heavy (non-hydrogen) atoms. The maximum absolute atomic E-state index is 12.4. The van der Waals surface area contributed by atoms with Crippen molar-refractivity contribution in [1.82, 2.24) is 10.3 Å². The lowest BCUT2D eigenvalue weighted by molar-refractivity contribution is -0.116. The number of carbonyl (C=O) groups excluding carboxylic acids is 2. The van der Waals surface area contributed by atoms with Crippen molar-refractivity contribution in [2.75, 3.05) is 11.4 Å². The Labute approximate surface area is 203 Å². The number of thiophene rings is 1. The highest BCUT2D eigenvalue weighted by Crippen LogP contribution is 2.30. The van der Waals surface area contributed by atoms with Crippen LogP contribution in [0.1, 0.15) is 65.8 Å². The van der Waals surface area contributed by atoms with Crippen LogP contribution in [0.5, 0.6) is 0 Å². The van der Waals surface area contributed by atoms with E-state index in [1.54, 1.807) is 30.2 Å². The summed E-state index contributed by atoms with van der Waals surface area (Å²) >= 11 is 2.89. The van der Waals surface area contributed by atoms with Gasteiger partial charge in [0, 0.05) is 25.0 Å². The Hall–Kier alpha value is -2.58. The Morgan fingerprint density at radius 1 is 1.15 bits per heavy atom. The first-order valence-corrected chi connectivity index (χ1v) is 12.8. The second-order valence-corrected chi connectivity index (χ2v) is 9.57. The highest BCUT2D eigenvalue weighted by atomic mass is 32.1. The van der Waals surface area contributed by atoms with Crippen molar-refractivity contribution < 1.29 is 14.0 Å². The lowest BCUT2D eigenvalue weighted by atomic mass is 10.2. The summed E-state index contributed by atoms with van der Waals surface area (Å²) < 4.78 is 12.2. The van der Waals surface area contributed by atoms with Gasteiger partial charge < -0.3 is 10.2 Å². The molecular formula is C25H32FN3O2S2. The molecule has 2 amide bonds. The number of thiazole rings is 1. The van der Waals surface area contributed by atoms with Gasteiger partial charge in [0.15, 0.2) is 0 Å². The number of hydrogen-bond donors (Lipinski definition) is 1. The monoisotopic (exact) mass is 489 g/mol. The number of nitrogens with one attached hydrogen (secondary N) is 1. The molecule has 1 N–H and O–H groups in total. The van der Waals surface area contributed by atoms with Crippen LogP contribution in [0, 0.1) is 12.7 Å². The smallest absolute Gasteiger partial charge is 0.262 e. The van der Waals surface area contributed by atoms with Crippen LogP contribution in [0.25, 0.3) is 0 Å². The molecule has 0 bridgehead atoms. The predicted molar refractivity (Wildman–Crippen MR) is 136 cm³/mol. The number of anilines is 1. The van der Waals surface area contributed by atoms with Crippen molar-refractivity contribution in [3.05, 3.63) is 68.7 Å². The molecule has 0 aliphatic heterocycles. The summed E-state index contributed by atoms with van der Waals surface area (Å²) in [5, 5.41) is 6.50. The van der Waals surface area contributed by atoms with Gasteiger partial charge in [0.2, 0.25) is 5.91 Å². The van der Waals surface area contributed by atoms with Gasteiger partial charge in [0.1, 0.15) is 10.8 Å². The van der Waals surface area contributed by atoms with E-state index >= 15 is 0 Å². The second kappa shape index (κ2) is 13.9. The fourth-order valence-corrected chi connectivity index (χ4v) is 4.78. The Bertz CT molecular complexity index is 1000. The molecule has 1 aromatic carbocycles. The molecule has 0 radical (unpaired) electrons. The summed E-state index contributed by atoms with van der Waals surface area (Å²) in [5.41, 5.74) is 2.07. The van der Waals surface area contributed by atoms with E-state index in [1.165, 1.54) is 40.4 Å². The van der Waals surface area contributed by atoms with Crippen molar-refractivity contribution in [1.29, 1.82) is 0 Å². The molecule has 0 unspecified atom stereocenters. The minimum absolute atomic E-state index is 0.0158. The quantitative estimate of drug-likeness (QED) is 0.355. The van der Waals surface area contributed by atoms with Crippen molar-refractivity contribution in [3.8, 4) is 0 Å². The molecule has 0 spiro atoms. The summed E-state index contributed by atoms with van der Waals surface area (Å²) in [6, 6.07) is 8.50. The molecule has 0 fully saturated rings. The predicted octanol–water partition coefficient (Wildman–Crippen LogP) is 6.37. The largest absolute Gasteiger partial charge is 0.345 e. The Balaban J connectivity index is 0.000000357. The molecule has 0 aliphatic carbocycles. The first-order chi connectivity index (χ1) is 15.8. The molecule has 0 saturated carbocycles. The van der Waals surface area contributed by atoms with Crippen LogP contribution < -0.4 is 10.2 Å². The van der Waals surface area contributed by atoms with Gasteiger partial charge >= 0.3 is 0 Å². The number of aryl methyl sites for hydroxylation is 2. The number of amides is 2. The maximum Gasteiger partial charge on any atom is 0.262 e. The third kappa shape index (κ3) is 8.70. The van der Waals surface area contributed by atoms with E-state index in [2.05, 4.69) is 17.2 Å². The normalized spacial score (nSPS) is 10.3. The average Bonchev–Trinajstić information content (AvgIpc) is 3.45. The number of benzene rings is 1. The molecule has 0 atom stereocenters. The summed E-state index contributed by atoms with van der Waals surface area (Å²) in [6.45, 7) is 8.79. The van der Waals surface area contributed by atoms with Gasteiger partial charge in [0.25, 0.3) is 5.91 Å². The van der Waals surface area contributed by atoms with Crippen LogP contribution in [0.15, 0.2) is 41.9 Å². The van der Waals surface area contributed by atoms with Crippen LogP contribution in [0.2, 0.25) is 0 Å². The van der Waals surface area contributed by atoms with E-state index in [4.69, 9.17) is 0 Å². The van der Waals surface area contributed by atoms with Crippen molar-refractivity contribution in [3.63, 3.8) is 0 Å². The van der Waals surface area contributed by atoms with Crippen LogP contribution >= 0.6 is 22.7 Å². The number of unbranched alkanes of at least 4 members (excludes halogenated alkanes) is 2. The molecule has 3 rings (SSSR count). The van der Waals surface area contributed by atoms with Crippen LogP contribution in [0.4, 0.5) is 9.39 Å². The first-order valence-electron chi connectivity index (χ1n) is 11.1. The molecule has 178 valence electrons. The number of halogens is 1. The van der Waals surface area contributed by atoms with E-state index in [1.807, 2.05) is 25.3 Å². The standard InChI is InChI=1S/C17H23N3O2S2.C8H9F/c1-4-5-6-8-20(13(3)21)15-10-12(2)16(24-15)17(22)19-11-14-18-7-9-23-14;1-2-7-3-5-8(9)6-4-7/h7,9-10H,4-6,8,11H2,1-3H3,(H,19,22);3-6H,2H2,1H3. The molecular weight excluding hydrogens is 457 g/mol. The van der Waals surface area contributed by atoms with Crippen molar-refractivity contribution in [2.24, 2.45) is 0 Å². The molecule has 0 saturated heterocycles. The fourth-order valence-electron chi connectivity index (χ4n) is 3.06. The SMILES string of the molecule is CCCCCN(C(C)=O)c1cc(C)c(C(=O)NCc2nccs2)s1.CCc1ccc(F)cc1. The van der Waals surface area contributed by atoms with Crippen molar-refractivity contribution >= 4 is 39.5 Å². The maximum atomic E-state index is 12.4. The zero-order chi connectivity index (χ0) is 24.2. The van der Waals surface area contributed by atoms with Gasteiger partial charge in [-0.05, 0) is 49.1 Å². The molecule has 5 nitrogen and oxygen atoms in total. The van der Waals surface area contributed by atoms with Crippen LogP contribution in [-0.4, -0.2) is 23.3 Å². The number of carbonyl (C=O) groups is 2. The van der Waals surface area contributed by atoms with Gasteiger partial charge in [-0.2, -0.15) is 0 Å². The number of rotatable bonds is 9. The highest BCUT2D eigenvalue weighted by Gasteiger charge is 2.19. The third-order valence-corrected chi connectivity index (χ3v) is 6.99. The van der Waals surface area contributed by atoms with E-state index in [-0.39, 0.29) is 17.6 Å². The van der Waals surface area contributed by atoms with Crippen LogP contribution in [-0.2, 0) is 17.8 Å². The molecule has 2 heterocycles. The molecule has 2 aromatic heterocycles. The summed E-state index contributed by atoms with van der Waals surface area (Å²) in [7, 11) is 0. The summed E-state index contributed by atoms with van der Waals surface area (Å²) in [4.78, 5) is 30.9. The van der Waals surface area contributed by atoms with Gasteiger partial charge in [-0.1, -0.05) is 38.8 Å². The topological polar surface area (TPSA) is 62.3 Å². The number of aromatic nitrogens is 1. The highest BCUT2D eigenvalue weighted by molar-refractivity contribution is 7.18. The summed E-state index contributed by atoms with van der Waals surface area (Å²) in [6.07, 6.45) is 5.87. The zero-order valence-electron chi connectivity index (χ0n) is 19.7. The molecule has 3 aromatic rings. The zero-order valence-corrected chi connectivity index (χ0v) is 21.3. The Morgan fingerprint density at radius 3 is 2.45 bits per heavy atom. The first kappa shape index (κ1) is 26.7. The number of nitrogens with zero attached hydrogens (tertiary/aromatic N) is 2. The fraction of sp³-hybridized carbons (Fsp3) is 0.400. The van der Waals surface area contributed by atoms with E-state index in [9.17, 15) is 14.0 Å². The lowest BCUT2D eigenvalue weighted by Crippen LogP contribution is -2.28. The Morgan fingerprint density at radius 2 is 1.88 bits per heavy atom. The molecule has 8 heteroatoms. The van der Waals surface area contributed by atoms with Gasteiger partial charge in [-0.3, -0.25) is 9.59 Å². The van der Waals surface area contributed by atoms with E-state index < -0.39 is 0 Å². The minimum Gasteiger partial charge on any atom is -0.345 e.